The fourth-order valence-electron chi connectivity index (χ4n) is 3.41. The molecule has 0 unspecified atom stereocenters. The lowest BCUT2D eigenvalue weighted by molar-refractivity contribution is -0.114. The number of carbonyl (C=O) groups excluding carboxylic acids is 1. The van der Waals surface area contributed by atoms with Gasteiger partial charge >= 0.3 is 0 Å². The van der Waals surface area contributed by atoms with Crippen LogP contribution in [0.5, 0.6) is 0 Å². The van der Waals surface area contributed by atoms with Crippen LogP contribution in [0.2, 0.25) is 0 Å². The molecule has 1 N–H and O–H groups in total. The van der Waals surface area contributed by atoms with Gasteiger partial charge in [-0.1, -0.05) is 30.3 Å². The molecule has 1 aliphatic rings. The summed E-state index contributed by atoms with van der Waals surface area (Å²) in [5.74, 6) is 1.03. The van der Waals surface area contributed by atoms with Crippen LogP contribution in [-0.4, -0.2) is 47.0 Å². The molecule has 31 heavy (non-hydrogen) atoms. The van der Waals surface area contributed by atoms with E-state index in [1.54, 1.807) is 18.2 Å². The molecule has 1 aromatic heterocycles. The summed E-state index contributed by atoms with van der Waals surface area (Å²) in [6.45, 7) is 4.13. The maximum absolute atomic E-state index is 11.2. The van der Waals surface area contributed by atoms with Crippen molar-refractivity contribution in [3.05, 3.63) is 66.0 Å². The maximum Gasteiger partial charge on any atom is 0.232 e. The first-order valence-corrected chi connectivity index (χ1v) is 9.99. The van der Waals surface area contributed by atoms with E-state index in [4.69, 9.17) is 4.74 Å². The van der Waals surface area contributed by atoms with Crippen LogP contribution in [0.25, 0.3) is 17.3 Å². The van der Waals surface area contributed by atoms with Gasteiger partial charge in [0.2, 0.25) is 11.9 Å². The lowest BCUT2D eigenvalue weighted by atomic mass is 10.1. The number of aromatic nitrogens is 3. The van der Waals surface area contributed by atoms with Gasteiger partial charge in [-0.25, -0.2) is 0 Å². The van der Waals surface area contributed by atoms with Gasteiger partial charge in [-0.15, -0.1) is 10.2 Å². The molecule has 0 saturated carbocycles. The number of benzene rings is 2. The Hall–Kier alpha value is -3.96. The summed E-state index contributed by atoms with van der Waals surface area (Å²) in [5.41, 5.74) is 2.79. The lowest BCUT2D eigenvalue weighted by Crippen LogP contribution is -2.38. The molecule has 156 valence electrons. The summed E-state index contributed by atoms with van der Waals surface area (Å²) in [6, 6.07) is 19.3. The van der Waals surface area contributed by atoms with Crippen LogP contribution in [0, 0.1) is 11.3 Å². The molecule has 1 saturated heterocycles. The molecule has 0 radical (unpaired) electrons. The zero-order chi connectivity index (χ0) is 21.6. The van der Waals surface area contributed by atoms with E-state index in [9.17, 15) is 10.1 Å². The topological polar surface area (TPSA) is 96.1 Å². The summed E-state index contributed by atoms with van der Waals surface area (Å²) in [7, 11) is 0. The largest absolute Gasteiger partial charge is 0.378 e. The van der Waals surface area contributed by atoms with Crippen molar-refractivity contribution in [3.8, 4) is 11.8 Å². The van der Waals surface area contributed by atoms with E-state index < -0.39 is 0 Å². The van der Waals surface area contributed by atoms with Crippen LogP contribution in [0.4, 0.5) is 11.6 Å². The summed E-state index contributed by atoms with van der Waals surface area (Å²) in [5, 5.41) is 21.4. The Balaban J connectivity index is 1.75. The number of nitrogens with zero attached hydrogens (tertiary/aromatic N) is 5. The third-order valence-electron chi connectivity index (χ3n) is 4.86. The van der Waals surface area contributed by atoms with E-state index in [0.717, 1.165) is 11.3 Å². The fraction of sp³-hybridized carbons (Fsp3) is 0.217. The van der Waals surface area contributed by atoms with Crippen LogP contribution < -0.4 is 10.2 Å². The zero-order valence-corrected chi connectivity index (χ0v) is 17.2. The third-order valence-corrected chi connectivity index (χ3v) is 4.86. The minimum atomic E-state index is -0.132. The normalized spacial score (nSPS) is 14.2. The van der Waals surface area contributed by atoms with Crippen molar-refractivity contribution in [2.75, 3.05) is 36.5 Å². The van der Waals surface area contributed by atoms with Gasteiger partial charge in [0.15, 0.2) is 5.82 Å². The number of carbonyl (C=O) groups is 1. The minimum Gasteiger partial charge on any atom is -0.378 e. The van der Waals surface area contributed by atoms with E-state index in [1.165, 1.54) is 6.92 Å². The molecule has 0 aliphatic carbocycles. The molecule has 8 heteroatoms. The van der Waals surface area contributed by atoms with E-state index >= 15 is 0 Å². The number of amides is 1. The molecule has 2 aromatic carbocycles. The van der Waals surface area contributed by atoms with Crippen LogP contribution >= 0.6 is 0 Å². The second kappa shape index (κ2) is 9.24. The Kier molecular flexibility index (Phi) is 6.05. The minimum absolute atomic E-state index is 0.132. The van der Waals surface area contributed by atoms with E-state index in [-0.39, 0.29) is 5.91 Å². The Morgan fingerprint density at radius 1 is 1.10 bits per heavy atom. The first kappa shape index (κ1) is 20.3. The van der Waals surface area contributed by atoms with Crippen molar-refractivity contribution >= 4 is 29.2 Å². The average Bonchev–Trinajstić information content (AvgIpc) is 3.24. The van der Waals surface area contributed by atoms with Gasteiger partial charge in [-0.05, 0) is 35.9 Å². The molecule has 2 heterocycles. The van der Waals surface area contributed by atoms with E-state index in [1.807, 2.05) is 47.0 Å². The number of rotatable bonds is 5. The molecular formula is C23H22N6O2. The predicted octanol–water partition coefficient (Wildman–Crippen LogP) is 3.13. The first-order valence-electron chi connectivity index (χ1n) is 9.99. The fourth-order valence-corrected chi connectivity index (χ4v) is 3.41. The van der Waals surface area contributed by atoms with Gasteiger partial charge in [0.05, 0.1) is 24.5 Å². The van der Waals surface area contributed by atoms with Crippen molar-refractivity contribution in [2.24, 2.45) is 0 Å². The van der Waals surface area contributed by atoms with Crippen LogP contribution in [0.3, 0.4) is 0 Å². The quantitative estimate of drug-likeness (QED) is 0.645. The SMILES string of the molecule is CC(=O)Nc1ccc(/C=C(\C#N)c2nnc(N3CCOCC3)n2-c2ccccc2)cc1. The number of hydrogen-bond donors (Lipinski definition) is 1. The molecule has 0 bridgehead atoms. The highest BCUT2D eigenvalue weighted by molar-refractivity contribution is 5.90. The molecule has 1 amide bonds. The highest BCUT2D eigenvalue weighted by Crippen LogP contribution is 2.26. The second-order valence-electron chi connectivity index (χ2n) is 7.07. The Labute approximate surface area is 180 Å². The molecule has 1 aliphatic heterocycles. The highest BCUT2D eigenvalue weighted by atomic mass is 16.5. The van der Waals surface area contributed by atoms with Crippen molar-refractivity contribution in [1.82, 2.24) is 14.8 Å². The lowest BCUT2D eigenvalue weighted by Gasteiger charge is -2.28. The number of morpholine rings is 1. The molecule has 8 nitrogen and oxygen atoms in total. The van der Waals surface area contributed by atoms with Gasteiger partial charge < -0.3 is 15.0 Å². The summed E-state index contributed by atoms with van der Waals surface area (Å²) < 4.78 is 7.37. The monoisotopic (exact) mass is 414 g/mol. The first-order chi connectivity index (χ1) is 15.2. The average molecular weight is 414 g/mol. The number of allylic oxidation sites excluding steroid dienone is 1. The molecule has 0 atom stereocenters. The summed E-state index contributed by atoms with van der Waals surface area (Å²) in [6.07, 6.45) is 1.77. The standard InChI is InChI=1S/C23H22N6O2/c1-17(30)25-20-9-7-18(8-10-20)15-19(16-24)22-26-27-23(28-11-13-31-14-12-28)29(22)21-5-3-2-4-6-21/h2-10,15H,11-14H2,1H3,(H,25,30)/b19-15+. The Morgan fingerprint density at radius 2 is 1.81 bits per heavy atom. The smallest absolute Gasteiger partial charge is 0.232 e. The van der Waals surface area contributed by atoms with Gasteiger partial charge in [-0.2, -0.15) is 5.26 Å². The zero-order valence-electron chi connectivity index (χ0n) is 17.2. The van der Waals surface area contributed by atoms with Gasteiger partial charge in [0, 0.05) is 25.7 Å². The molecule has 3 aromatic rings. The van der Waals surface area contributed by atoms with Gasteiger partial charge in [0.1, 0.15) is 6.07 Å². The number of nitriles is 1. The summed E-state index contributed by atoms with van der Waals surface area (Å²) >= 11 is 0. The number of anilines is 2. The third kappa shape index (κ3) is 4.63. The van der Waals surface area contributed by atoms with Crippen molar-refractivity contribution in [3.63, 3.8) is 0 Å². The summed E-state index contributed by atoms with van der Waals surface area (Å²) in [4.78, 5) is 13.3. The Morgan fingerprint density at radius 3 is 2.45 bits per heavy atom. The van der Waals surface area contributed by atoms with Crippen LogP contribution in [0.1, 0.15) is 18.3 Å². The number of hydrogen-bond acceptors (Lipinski definition) is 6. The molecule has 4 rings (SSSR count). The number of nitrogens with one attached hydrogen (secondary N) is 1. The van der Waals surface area contributed by atoms with Crippen molar-refractivity contribution < 1.29 is 9.53 Å². The maximum atomic E-state index is 11.2. The highest BCUT2D eigenvalue weighted by Gasteiger charge is 2.23. The van der Waals surface area contributed by atoms with E-state index in [2.05, 4.69) is 26.5 Å². The number of ether oxygens (including phenoxy) is 1. The second-order valence-corrected chi connectivity index (χ2v) is 7.07. The van der Waals surface area contributed by atoms with Gasteiger partial charge in [-0.3, -0.25) is 9.36 Å². The van der Waals surface area contributed by atoms with E-state index in [0.29, 0.717) is 49.3 Å². The van der Waals surface area contributed by atoms with Crippen molar-refractivity contribution in [2.45, 2.75) is 6.92 Å². The van der Waals surface area contributed by atoms with Gasteiger partial charge in [0.25, 0.3) is 0 Å². The van der Waals surface area contributed by atoms with Crippen LogP contribution in [0.15, 0.2) is 54.6 Å². The molecule has 1 fully saturated rings. The Bertz CT molecular complexity index is 1120. The predicted molar refractivity (Wildman–Crippen MR) is 119 cm³/mol. The van der Waals surface area contributed by atoms with Crippen molar-refractivity contribution in [1.29, 1.82) is 5.26 Å². The number of para-hydroxylation sites is 1. The molecular weight excluding hydrogens is 392 g/mol. The molecule has 0 spiro atoms. The van der Waals surface area contributed by atoms with Crippen LogP contribution in [-0.2, 0) is 9.53 Å².